The molecule has 0 spiro atoms. The van der Waals surface area contributed by atoms with Gasteiger partial charge in [0.1, 0.15) is 6.10 Å². The number of hydrogen-bond donors (Lipinski definition) is 1. The summed E-state index contributed by atoms with van der Waals surface area (Å²) in [7, 11) is 0. The van der Waals surface area contributed by atoms with Crippen molar-refractivity contribution in [1.29, 1.82) is 0 Å². The van der Waals surface area contributed by atoms with Crippen molar-refractivity contribution < 1.29 is 5.11 Å². The fraction of sp³-hybridized carbons (Fsp3) is 0.308. The largest absolute Gasteiger partial charge is 0.384 e. The zero-order chi connectivity index (χ0) is 10.7. The second kappa shape index (κ2) is 4.28. The van der Waals surface area contributed by atoms with Gasteiger partial charge in [-0.3, -0.25) is 0 Å². The van der Waals surface area contributed by atoms with Crippen molar-refractivity contribution >= 4 is 0 Å². The molecule has 1 N–H and O–H groups in total. The highest BCUT2D eigenvalue weighted by molar-refractivity contribution is 5.40. The van der Waals surface area contributed by atoms with Crippen LogP contribution in [0.4, 0.5) is 0 Å². The van der Waals surface area contributed by atoms with Gasteiger partial charge in [-0.2, -0.15) is 0 Å². The molecule has 0 aliphatic carbocycles. The maximum atomic E-state index is 9.82. The third-order valence-electron chi connectivity index (χ3n) is 2.31. The van der Waals surface area contributed by atoms with Crippen molar-refractivity contribution in [3.05, 3.63) is 52.8 Å². The van der Waals surface area contributed by atoms with Gasteiger partial charge in [0.2, 0.25) is 0 Å². The number of rotatable bonds is 2. The Morgan fingerprint density at radius 3 is 2.21 bits per heavy atom. The van der Waals surface area contributed by atoms with Gasteiger partial charge in [0, 0.05) is 0 Å². The van der Waals surface area contributed by atoms with Crippen molar-refractivity contribution in [2.75, 3.05) is 0 Å². The molecule has 0 aliphatic heterocycles. The molecular formula is C13H16O. The standard InChI is InChI=1S/C13H16O/c1-5-6-12(14)13-10(3)7-9(2)8-11(13)4/h6-8,12,14H,1H2,2-4H3. The summed E-state index contributed by atoms with van der Waals surface area (Å²) in [6.45, 7) is 9.54. The van der Waals surface area contributed by atoms with Gasteiger partial charge < -0.3 is 5.11 Å². The zero-order valence-corrected chi connectivity index (χ0v) is 8.96. The summed E-state index contributed by atoms with van der Waals surface area (Å²) in [5, 5.41) is 9.82. The van der Waals surface area contributed by atoms with Crippen molar-refractivity contribution in [3.63, 3.8) is 0 Å². The van der Waals surface area contributed by atoms with Crippen LogP contribution in [0.25, 0.3) is 0 Å². The summed E-state index contributed by atoms with van der Waals surface area (Å²) in [6, 6.07) is 4.14. The Balaban J connectivity index is 3.26. The average Bonchev–Trinajstić information content (AvgIpc) is 2.01. The fourth-order valence-electron chi connectivity index (χ4n) is 1.85. The smallest absolute Gasteiger partial charge is 0.105 e. The number of benzene rings is 1. The highest BCUT2D eigenvalue weighted by atomic mass is 16.3. The Morgan fingerprint density at radius 1 is 1.29 bits per heavy atom. The van der Waals surface area contributed by atoms with E-state index in [2.05, 4.69) is 31.4 Å². The number of aliphatic hydroxyl groups excluding tert-OH is 1. The second-order valence-electron chi connectivity index (χ2n) is 3.63. The van der Waals surface area contributed by atoms with Gasteiger partial charge in [-0.1, -0.05) is 24.3 Å². The summed E-state index contributed by atoms with van der Waals surface area (Å²) in [4.78, 5) is 0. The molecule has 0 saturated heterocycles. The van der Waals surface area contributed by atoms with Crippen LogP contribution in [-0.4, -0.2) is 5.11 Å². The summed E-state index contributed by atoms with van der Waals surface area (Å²) in [5.41, 5.74) is 7.02. The van der Waals surface area contributed by atoms with Crippen LogP contribution in [0.5, 0.6) is 0 Å². The third kappa shape index (κ3) is 2.14. The Hall–Kier alpha value is -1.30. The molecule has 1 nitrogen and oxygen atoms in total. The summed E-state index contributed by atoms with van der Waals surface area (Å²) in [5.74, 6) is 0. The quantitative estimate of drug-likeness (QED) is 0.707. The Morgan fingerprint density at radius 2 is 1.79 bits per heavy atom. The first-order chi connectivity index (χ1) is 6.56. The van der Waals surface area contributed by atoms with Crippen molar-refractivity contribution in [1.82, 2.24) is 0 Å². The van der Waals surface area contributed by atoms with Crippen molar-refractivity contribution in [2.24, 2.45) is 0 Å². The van der Waals surface area contributed by atoms with Gasteiger partial charge >= 0.3 is 0 Å². The molecule has 14 heavy (non-hydrogen) atoms. The van der Waals surface area contributed by atoms with Crippen LogP contribution in [0.2, 0.25) is 0 Å². The first-order valence-corrected chi connectivity index (χ1v) is 4.68. The first kappa shape index (κ1) is 10.8. The molecule has 1 unspecified atom stereocenters. The van der Waals surface area contributed by atoms with Gasteiger partial charge in [0.25, 0.3) is 0 Å². The van der Waals surface area contributed by atoms with Crippen molar-refractivity contribution in [3.8, 4) is 0 Å². The first-order valence-electron chi connectivity index (χ1n) is 4.68. The molecule has 0 aliphatic rings. The highest BCUT2D eigenvalue weighted by Gasteiger charge is 2.10. The lowest BCUT2D eigenvalue weighted by molar-refractivity contribution is 0.227. The molecule has 1 atom stereocenters. The van der Waals surface area contributed by atoms with Crippen LogP contribution in [0.3, 0.4) is 0 Å². The van der Waals surface area contributed by atoms with E-state index in [0.717, 1.165) is 16.7 Å². The second-order valence-corrected chi connectivity index (χ2v) is 3.63. The van der Waals surface area contributed by atoms with Gasteiger partial charge in [0.05, 0.1) is 0 Å². The van der Waals surface area contributed by atoms with Crippen LogP contribution < -0.4 is 0 Å². The normalized spacial score (nSPS) is 12.0. The lowest BCUT2D eigenvalue weighted by Crippen LogP contribution is -2.00. The van der Waals surface area contributed by atoms with E-state index in [0.29, 0.717) is 0 Å². The summed E-state index contributed by atoms with van der Waals surface area (Å²) in [6.07, 6.45) is 0.984. The minimum absolute atomic E-state index is 0.590. The maximum absolute atomic E-state index is 9.82. The molecule has 0 amide bonds. The number of aliphatic hydroxyl groups is 1. The van der Waals surface area contributed by atoms with E-state index in [4.69, 9.17) is 0 Å². The van der Waals surface area contributed by atoms with Crippen LogP contribution in [0.1, 0.15) is 28.4 Å². The zero-order valence-electron chi connectivity index (χ0n) is 8.96. The molecule has 1 aromatic carbocycles. The molecule has 0 aromatic heterocycles. The van der Waals surface area contributed by atoms with Crippen molar-refractivity contribution in [2.45, 2.75) is 26.9 Å². The Kier molecular flexibility index (Phi) is 3.29. The fourth-order valence-corrected chi connectivity index (χ4v) is 1.85. The maximum Gasteiger partial charge on any atom is 0.105 e. The van der Waals surface area contributed by atoms with E-state index in [-0.39, 0.29) is 0 Å². The van der Waals surface area contributed by atoms with E-state index >= 15 is 0 Å². The number of aryl methyl sites for hydroxylation is 3. The van der Waals surface area contributed by atoms with Gasteiger partial charge in [-0.05, 0) is 43.5 Å². The molecule has 74 valence electrons. The summed E-state index contributed by atoms with van der Waals surface area (Å²) >= 11 is 0. The molecule has 0 bridgehead atoms. The Labute approximate surface area is 85.4 Å². The minimum Gasteiger partial charge on any atom is -0.384 e. The van der Waals surface area contributed by atoms with Gasteiger partial charge in [-0.25, -0.2) is 0 Å². The van der Waals surface area contributed by atoms with Gasteiger partial charge in [0.15, 0.2) is 0 Å². The van der Waals surface area contributed by atoms with E-state index in [9.17, 15) is 5.11 Å². The van der Waals surface area contributed by atoms with E-state index in [1.807, 2.05) is 13.8 Å². The average molecular weight is 188 g/mol. The molecule has 0 radical (unpaired) electrons. The minimum atomic E-state index is -0.590. The third-order valence-corrected chi connectivity index (χ3v) is 2.31. The summed E-state index contributed by atoms with van der Waals surface area (Å²) < 4.78 is 0. The number of hydrogen-bond acceptors (Lipinski definition) is 1. The highest BCUT2D eigenvalue weighted by Crippen LogP contribution is 2.23. The molecule has 0 saturated carbocycles. The van der Waals surface area contributed by atoms with E-state index in [1.165, 1.54) is 5.56 Å². The molecule has 1 rings (SSSR count). The lowest BCUT2D eigenvalue weighted by atomic mass is 9.95. The SMILES string of the molecule is C=C=CC(O)c1c(C)cc(C)cc1C. The van der Waals surface area contributed by atoms with Crippen LogP contribution >= 0.6 is 0 Å². The van der Waals surface area contributed by atoms with E-state index < -0.39 is 6.10 Å². The monoisotopic (exact) mass is 188 g/mol. The van der Waals surface area contributed by atoms with Gasteiger partial charge in [-0.15, -0.1) is 5.73 Å². The molecule has 0 fully saturated rings. The molecule has 1 aromatic rings. The predicted octanol–water partition coefficient (Wildman–Crippen LogP) is 2.99. The molecule has 1 heteroatoms. The van der Waals surface area contributed by atoms with Crippen LogP contribution in [-0.2, 0) is 0 Å². The topological polar surface area (TPSA) is 20.2 Å². The van der Waals surface area contributed by atoms with E-state index in [1.54, 1.807) is 6.08 Å². The Bertz CT molecular complexity index is 361. The predicted molar refractivity (Wildman–Crippen MR) is 59.3 cm³/mol. The molecular weight excluding hydrogens is 172 g/mol. The van der Waals surface area contributed by atoms with Crippen LogP contribution in [0.15, 0.2) is 30.5 Å². The van der Waals surface area contributed by atoms with Crippen LogP contribution in [0, 0.1) is 20.8 Å². The molecule has 0 heterocycles. The lowest BCUT2D eigenvalue weighted by Gasteiger charge is -2.13.